The van der Waals surface area contributed by atoms with E-state index in [1.54, 1.807) is 0 Å². The molecule has 12 nitrogen and oxygen atoms in total. The molecule has 0 amide bonds. The van der Waals surface area contributed by atoms with Gasteiger partial charge in [0, 0.05) is 32.3 Å². The van der Waals surface area contributed by atoms with E-state index in [0.717, 1.165) is 0 Å². The Morgan fingerprint density at radius 1 is 0.927 bits per heavy atom. The predicted molar refractivity (Wildman–Crippen MR) is 142 cm³/mol. The third-order valence-corrected chi connectivity index (χ3v) is 6.23. The lowest BCUT2D eigenvalue weighted by atomic mass is 9.82. The van der Waals surface area contributed by atoms with E-state index in [-0.39, 0.29) is 37.7 Å². The van der Waals surface area contributed by atoms with Gasteiger partial charge in [-0.05, 0) is 37.3 Å². The van der Waals surface area contributed by atoms with E-state index in [2.05, 4.69) is 0 Å². The molecule has 0 spiro atoms. The van der Waals surface area contributed by atoms with Gasteiger partial charge in [0.15, 0.2) is 11.7 Å². The van der Waals surface area contributed by atoms with Gasteiger partial charge in [0.05, 0.1) is 18.6 Å². The van der Waals surface area contributed by atoms with E-state index in [1.165, 1.54) is 40.0 Å². The van der Waals surface area contributed by atoms with E-state index in [4.69, 9.17) is 28.4 Å². The Morgan fingerprint density at radius 2 is 1.54 bits per heavy atom. The number of ether oxygens (including phenoxy) is 6. The number of carbonyl (C=O) groups is 5. The van der Waals surface area contributed by atoms with Crippen LogP contribution in [0.5, 0.6) is 0 Å². The van der Waals surface area contributed by atoms with Gasteiger partial charge in [-0.2, -0.15) is 0 Å². The average molecular weight is 583 g/mol. The van der Waals surface area contributed by atoms with Gasteiger partial charge >= 0.3 is 29.8 Å². The average Bonchev–Trinajstić information content (AvgIpc) is 3.07. The van der Waals surface area contributed by atoms with Crippen LogP contribution in [0.25, 0.3) is 0 Å². The van der Waals surface area contributed by atoms with E-state index in [1.807, 2.05) is 27.7 Å². The molecule has 230 valence electrons. The number of esters is 5. The van der Waals surface area contributed by atoms with Gasteiger partial charge in [0.2, 0.25) is 0 Å². The quantitative estimate of drug-likeness (QED) is 0.250. The van der Waals surface area contributed by atoms with E-state index in [0.29, 0.717) is 11.1 Å². The van der Waals surface area contributed by atoms with Gasteiger partial charge in [-0.15, -0.1) is 0 Å². The highest BCUT2D eigenvalue weighted by Crippen LogP contribution is 2.47. The van der Waals surface area contributed by atoms with Crippen LogP contribution in [-0.2, 0) is 52.4 Å². The maximum absolute atomic E-state index is 12.9. The Morgan fingerprint density at radius 3 is 2.10 bits per heavy atom. The lowest BCUT2D eigenvalue weighted by Gasteiger charge is -2.40. The first-order valence-corrected chi connectivity index (χ1v) is 13.6. The summed E-state index contributed by atoms with van der Waals surface area (Å²) in [5.74, 6) is -4.40. The number of rotatable bonds is 13. The highest BCUT2D eigenvalue weighted by atomic mass is 16.7. The highest BCUT2D eigenvalue weighted by molar-refractivity contribution is 5.73. The van der Waals surface area contributed by atoms with Crippen LogP contribution < -0.4 is 0 Å². The second-order valence-corrected chi connectivity index (χ2v) is 11.8. The third kappa shape index (κ3) is 9.87. The van der Waals surface area contributed by atoms with Crippen molar-refractivity contribution in [1.29, 1.82) is 0 Å². The molecule has 1 aliphatic heterocycles. The minimum absolute atomic E-state index is 0.0142. The van der Waals surface area contributed by atoms with Crippen molar-refractivity contribution in [3.8, 4) is 0 Å². The van der Waals surface area contributed by atoms with Crippen molar-refractivity contribution in [2.75, 3.05) is 13.2 Å². The van der Waals surface area contributed by atoms with Gasteiger partial charge in [-0.3, -0.25) is 24.0 Å². The second kappa shape index (κ2) is 14.0. The number of fused-ring (bicyclic) bond motifs is 1. The zero-order valence-corrected chi connectivity index (χ0v) is 25.0. The van der Waals surface area contributed by atoms with Gasteiger partial charge in [-0.1, -0.05) is 27.7 Å². The molecule has 41 heavy (non-hydrogen) atoms. The van der Waals surface area contributed by atoms with E-state index >= 15 is 0 Å². The van der Waals surface area contributed by atoms with Crippen molar-refractivity contribution in [1.82, 2.24) is 0 Å². The van der Waals surface area contributed by atoms with Crippen LogP contribution in [0.3, 0.4) is 0 Å². The van der Waals surface area contributed by atoms with Crippen LogP contribution in [0.4, 0.5) is 0 Å². The number of carbonyl (C=O) groups excluding carboxylic acids is 5. The molecule has 0 fully saturated rings. The fourth-order valence-corrected chi connectivity index (χ4v) is 4.60. The Labute approximate surface area is 240 Å². The van der Waals surface area contributed by atoms with Crippen LogP contribution in [0.2, 0.25) is 0 Å². The zero-order chi connectivity index (χ0) is 31.1. The summed E-state index contributed by atoms with van der Waals surface area (Å²) in [6.07, 6.45) is -0.283. The van der Waals surface area contributed by atoms with Gasteiger partial charge in [0.1, 0.15) is 18.8 Å². The first kappa shape index (κ1) is 33.8. The van der Waals surface area contributed by atoms with Crippen molar-refractivity contribution in [2.45, 2.75) is 98.2 Å². The molecular weight excluding hydrogens is 540 g/mol. The molecule has 2 rings (SSSR count). The predicted octanol–water partition coefficient (Wildman–Crippen LogP) is 2.90. The molecule has 1 aliphatic carbocycles. The van der Waals surface area contributed by atoms with E-state index in [9.17, 15) is 29.1 Å². The number of hydrogen-bond donors (Lipinski definition) is 1. The normalized spacial score (nSPS) is 23.5. The molecule has 4 atom stereocenters. The molecule has 0 aromatic rings. The van der Waals surface area contributed by atoms with E-state index < -0.39 is 66.0 Å². The summed E-state index contributed by atoms with van der Waals surface area (Å²) in [5, 5.41) is 12.1. The minimum Gasteiger partial charge on any atom is -0.462 e. The smallest absolute Gasteiger partial charge is 0.312 e. The summed E-state index contributed by atoms with van der Waals surface area (Å²) in [4.78, 5) is 61.0. The van der Waals surface area contributed by atoms with Crippen molar-refractivity contribution in [3.05, 3.63) is 23.5 Å². The standard InChI is InChI=1S/C29H42O12/c1-16(2)9-23(32)38-15-29(35)22(39-24(33)10-17(3)4)11-21-20(13-36-18(5)30)14-37-27(26(21)29)40-25(34)12-28(7,8)41-19(6)31/h11,14,16-17,22,26-27,35H,9-10,12-13,15H2,1-8H3/t22-,26+,27-,29+/m0/s1. The van der Waals surface area contributed by atoms with Crippen LogP contribution in [0.15, 0.2) is 23.5 Å². The number of hydrogen-bond acceptors (Lipinski definition) is 12. The molecule has 1 N–H and O–H groups in total. The zero-order valence-electron chi connectivity index (χ0n) is 25.0. The summed E-state index contributed by atoms with van der Waals surface area (Å²) >= 11 is 0. The summed E-state index contributed by atoms with van der Waals surface area (Å²) in [6.45, 7) is 12.0. The molecule has 2 aliphatic rings. The van der Waals surface area contributed by atoms with Crippen molar-refractivity contribution >= 4 is 29.8 Å². The molecule has 0 bridgehead atoms. The van der Waals surface area contributed by atoms with Gasteiger partial charge < -0.3 is 33.5 Å². The molecule has 0 aromatic carbocycles. The second-order valence-electron chi connectivity index (χ2n) is 11.8. The molecular formula is C29H42O12. The van der Waals surface area contributed by atoms with Gasteiger partial charge in [0.25, 0.3) is 6.29 Å². The molecule has 12 heteroatoms. The topological polar surface area (TPSA) is 161 Å². The summed E-state index contributed by atoms with van der Waals surface area (Å²) < 4.78 is 32.7. The third-order valence-electron chi connectivity index (χ3n) is 6.23. The fourth-order valence-electron chi connectivity index (χ4n) is 4.60. The molecule has 0 unspecified atom stereocenters. The monoisotopic (exact) mass is 582 g/mol. The summed E-state index contributed by atoms with van der Waals surface area (Å²) in [5.41, 5.74) is -2.65. The van der Waals surface area contributed by atoms with Crippen molar-refractivity contribution in [3.63, 3.8) is 0 Å². The largest absolute Gasteiger partial charge is 0.462 e. The fraction of sp³-hybridized carbons (Fsp3) is 0.690. The minimum atomic E-state index is -2.11. The first-order chi connectivity index (χ1) is 18.9. The maximum atomic E-state index is 12.9. The summed E-state index contributed by atoms with van der Waals surface area (Å²) in [6, 6.07) is 0. The molecule has 0 radical (unpaired) electrons. The Hall–Kier alpha value is -3.41. The SMILES string of the molecule is CC(=O)OCC1=CO[C@@H](OC(=O)CC(C)(C)OC(C)=O)[C@H]2C1=C[C@H](OC(=O)CC(C)C)[C@]2(O)COC(=O)CC(C)C. The Kier molecular flexibility index (Phi) is 11.5. The highest BCUT2D eigenvalue weighted by Gasteiger charge is 2.59. The van der Waals surface area contributed by atoms with Crippen LogP contribution in [0, 0.1) is 17.8 Å². The molecule has 0 saturated carbocycles. The summed E-state index contributed by atoms with van der Waals surface area (Å²) in [7, 11) is 0. The lowest BCUT2D eigenvalue weighted by molar-refractivity contribution is -0.219. The maximum Gasteiger partial charge on any atom is 0.312 e. The van der Waals surface area contributed by atoms with Crippen molar-refractivity contribution in [2.24, 2.45) is 17.8 Å². The van der Waals surface area contributed by atoms with Gasteiger partial charge in [-0.25, -0.2) is 0 Å². The molecule has 0 aromatic heterocycles. The first-order valence-electron chi connectivity index (χ1n) is 13.6. The van der Waals surface area contributed by atoms with Crippen LogP contribution in [0.1, 0.15) is 74.7 Å². The lowest BCUT2D eigenvalue weighted by Crippen LogP contribution is -2.56. The Bertz CT molecular complexity index is 1070. The van der Waals surface area contributed by atoms with Crippen molar-refractivity contribution < 1.29 is 57.5 Å². The van der Waals surface area contributed by atoms with Crippen LogP contribution in [-0.4, -0.2) is 71.8 Å². The van der Waals surface area contributed by atoms with Crippen LogP contribution >= 0.6 is 0 Å². The molecule has 1 heterocycles. The molecule has 0 saturated heterocycles. The number of aliphatic hydroxyl groups is 1. The Balaban J connectivity index is 2.46.